The molecule has 0 atom stereocenters. The van der Waals surface area contributed by atoms with E-state index in [1.165, 1.54) is 17.1 Å². The SMILES string of the molecule is CCOc1ccc(/C=N/NC(=O)c2cn(-c3nonc3N)nn2)cc1. The van der Waals surface area contributed by atoms with Gasteiger partial charge in [0.05, 0.1) is 19.0 Å². The third-order valence-corrected chi connectivity index (χ3v) is 3.01. The summed E-state index contributed by atoms with van der Waals surface area (Å²) in [7, 11) is 0. The van der Waals surface area contributed by atoms with Crippen molar-refractivity contribution in [3.8, 4) is 11.6 Å². The molecule has 0 spiro atoms. The van der Waals surface area contributed by atoms with Gasteiger partial charge in [0, 0.05) is 0 Å². The summed E-state index contributed by atoms with van der Waals surface area (Å²) in [5, 5.41) is 18.3. The smallest absolute Gasteiger partial charge is 0.293 e. The Bertz CT molecular complexity index is 884. The summed E-state index contributed by atoms with van der Waals surface area (Å²) in [5.74, 6) is 0.403. The molecule has 0 aliphatic rings. The maximum Gasteiger partial charge on any atom is 0.293 e. The zero-order valence-electron chi connectivity index (χ0n) is 13.2. The third-order valence-electron chi connectivity index (χ3n) is 3.01. The number of hydrazone groups is 1. The van der Waals surface area contributed by atoms with Crippen LogP contribution in [-0.2, 0) is 0 Å². The molecule has 0 bridgehead atoms. The van der Waals surface area contributed by atoms with Gasteiger partial charge >= 0.3 is 0 Å². The largest absolute Gasteiger partial charge is 0.494 e. The topological polar surface area (TPSA) is 146 Å². The number of ether oxygens (including phenoxy) is 1. The average molecular weight is 342 g/mol. The van der Waals surface area contributed by atoms with Crippen LogP contribution in [0.4, 0.5) is 5.82 Å². The number of anilines is 1. The second-order valence-electron chi connectivity index (χ2n) is 4.72. The summed E-state index contributed by atoms with van der Waals surface area (Å²) in [4.78, 5) is 12.0. The minimum absolute atomic E-state index is 0.0328. The Morgan fingerprint density at radius 2 is 2.20 bits per heavy atom. The van der Waals surface area contributed by atoms with Gasteiger partial charge in [0.2, 0.25) is 11.6 Å². The van der Waals surface area contributed by atoms with Crippen LogP contribution in [0.25, 0.3) is 5.82 Å². The predicted molar refractivity (Wildman–Crippen MR) is 86.3 cm³/mol. The first-order chi connectivity index (χ1) is 12.2. The third kappa shape index (κ3) is 3.77. The maximum atomic E-state index is 12.0. The predicted octanol–water partition coefficient (Wildman–Crippen LogP) is 0.395. The van der Waals surface area contributed by atoms with Gasteiger partial charge < -0.3 is 10.5 Å². The van der Waals surface area contributed by atoms with Gasteiger partial charge in [-0.05, 0) is 47.1 Å². The van der Waals surface area contributed by atoms with Crippen molar-refractivity contribution >= 4 is 17.9 Å². The number of nitrogens with zero attached hydrogens (tertiary/aromatic N) is 6. The van der Waals surface area contributed by atoms with E-state index < -0.39 is 5.91 Å². The van der Waals surface area contributed by atoms with Gasteiger partial charge in [-0.3, -0.25) is 4.79 Å². The summed E-state index contributed by atoms with van der Waals surface area (Å²) in [6.45, 7) is 2.51. The Hall–Kier alpha value is -3.76. The monoisotopic (exact) mass is 342 g/mol. The van der Waals surface area contributed by atoms with Crippen molar-refractivity contribution in [2.24, 2.45) is 5.10 Å². The fraction of sp³-hybridized carbons (Fsp3) is 0.143. The zero-order valence-corrected chi connectivity index (χ0v) is 13.2. The van der Waals surface area contributed by atoms with Crippen molar-refractivity contribution in [2.75, 3.05) is 12.3 Å². The molecule has 128 valence electrons. The van der Waals surface area contributed by atoms with E-state index in [0.29, 0.717) is 6.61 Å². The minimum atomic E-state index is -0.538. The first-order valence-corrected chi connectivity index (χ1v) is 7.24. The molecule has 0 aliphatic heterocycles. The van der Waals surface area contributed by atoms with Crippen molar-refractivity contribution in [3.63, 3.8) is 0 Å². The van der Waals surface area contributed by atoms with Crippen LogP contribution in [0.3, 0.4) is 0 Å². The van der Waals surface area contributed by atoms with E-state index in [9.17, 15) is 4.79 Å². The molecular formula is C14H14N8O3. The van der Waals surface area contributed by atoms with Crippen LogP contribution in [0.5, 0.6) is 5.75 Å². The first-order valence-electron chi connectivity index (χ1n) is 7.24. The molecule has 0 radical (unpaired) electrons. The van der Waals surface area contributed by atoms with Crippen LogP contribution in [0.2, 0.25) is 0 Å². The van der Waals surface area contributed by atoms with Crippen molar-refractivity contribution in [3.05, 3.63) is 41.7 Å². The number of carbonyl (C=O) groups excluding carboxylic acids is 1. The molecule has 0 fully saturated rings. The Morgan fingerprint density at radius 3 is 2.88 bits per heavy atom. The highest BCUT2D eigenvalue weighted by Gasteiger charge is 2.15. The molecule has 0 aliphatic carbocycles. The molecule has 3 rings (SSSR count). The standard InChI is InChI=1S/C14H14N8O3/c1-2-24-10-5-3-9(4-6-10)7-16-18-14(23)11-8-22(21-17-11)13-12(15)19-25-20-13/h3-8H,2H2,1H3,(H2,15,19)(H,18,23)/b16-7+. The summed E-state index contributed by atoms with van der Waals surface area (Å²) in [6.07, 6.45) is 2.83. The molecule has 0 saturated heterocycles. The van der Waals surface area contributed by atoms with E-state index in [1.54, 1.807) is 0 Å². The van der Waals surface area contributed by atoms with Crippen LogP contribution in [0, 0.1) is 0 Å². The molecule has 1 amide bonds. The molecule has 3 aromatic rings. The Balaban J connectivity index is 1.61. The second kappa shape index (κ2) is 7.21. The molecule has 3 N–H and O–H groups in total. The number of nitrogens with one attached hydrogen (secondary N) is 1. The van der Waals surface area contributed by atoms with Gasteiger partial charge in [-0.25, -0.2) is 10.1 Å². The van der Waals surface area contributed by atoms with Crippen molar-refractivity contribution in [1.82, 2.24) is 30.7 Å². The van der Waals surface area contributed by atoms with Gasteiger partial charge in [0.1, 0.15) is 5.75 Å². The molecular weight excluding hydrogens is 328 g/mol. The lowest BCUT2D eigenvalue weighted by molar-refractivity contribution is 0.0950. The highest BCUT2D eigenvalue weighted by atomic mass is 16.6. The Kier molecular flexibility index (Phi) is 4.65. The Morgan fingerprint density at radius 1 is 1.40 bits per heavy atom. The van der Waals surface area contributed by atoms with Crippen LogP contribution in [-0.4, -0.2) is 44.0 Å². The number of amides is 1. The van der Waals surface area contributed by atoms with Gasteiger partial charge in [0.25, 0.3) is 5.91 Å². The van der Waals surface area contributed by atoms with Gasteiger partial charge in [-0.1, -0.05) is 5.21 Å². The van der Waals surface area contributed by atoms with Crippen LogP contribution in [0.1, 0.15) is 23.0 Å². The summed E-state index contributed by atoms with van der Waals surface area (Å²) < 4.78 is 11.0. The van der Waals surface area contributed by atoms with E-state index in [2.05, 4.69) is 35.8 Å². The summed E-state index contributed by atoms with van der Waals surface area (Å²) in [6, 6.07) is 7.26. The van der Waals surface area contributed by atoms with Crippen LogP contribution in [0.15, 0.2) is 40.2 Å². The zero-order chi connectivity index (χ0) is 17.6. The van der Waals surface area contributed by atoms with E-state index >= 15 is 0 Å². The average Bonchev–Trinajstić information content (AvgIpc) is 3.25. The lowest BCUT2D eigenvalue weighted by atomic mass is 10.2. The van der Waals surface area contributed by atoms with Gasteiger partial charge in [-0.2, -0.15) is 9.78 Å². The molecule has 0 saturated carbocycles. The van der Waals surface area contributed by atoms with E-state index in [0.717, 1.165) is 11.3 Å². The molecule has 2 aromatic heterocycles. The molecule has 2 heterocycles. The first kappa shape index (κ1) is 16.1. The fourth-order valence-electron chi connectivity index (χ4n) is 1.86. The van der Waals surface area contributed by atoms with Crippen molar-refractivity contribution in [2.45, 2.75) is 6.92 Å². The summed E-state index contributed by atoms with van der Waals surface area (Å²) >= 11 is 0. The van der Waals surface area contributed by atoms with E-state index in [4.69, 9.17) is 10.5 Å². The van der Waals surface area contributed by atoms with Gasteiger partial charge in [0.15, 0.2) is 5.69 Å². The number of hydrogen-bond donors (Lipinski definition) is 2. The minimum Gasteiger partial charge on any atom is -0.494 e. The lowest BCUT2D eigenvalue weighted by Gasteiger charge is -2.02. The van der Waals surface area contributed by atoms with Crippen molar-refractivity contribution in [1.29, 1.82) is 0 Å². The number of aromatic nitrogens is 5. The number of nitrogens with two attached hydrogens (primary N) is 1. The molecule has 0 unspecified atom stereocenters. The van der Waals surface area contributed by atoms with Crippen LogP contribution >= 0.6 is 0 Å². The molecule has 25 heavy (non-hydrogen) atoms. The normalized spacial score (nSPS) is 10.9. The molecule has 1 aromatic carbocycles. The number of rotatable bonds is 6. The molecule has 11 nitrogen and oxygen atoms in total. The van der Waals surface area contributed by atoms with E-state index in [1.807, 2.05) is 31.2 Å². The second-order valence-corrected chi connectivity index (χ2v) is 4.72. The highest BCUT2D eigenvalue weighted by Crippen LogP contribution is 2.11. The Labute approximate surface area is 141 Å². The number of hydrogen-bond acceptors (Lipinski definition) is 9. The lowest BCUT2D eigenvalue weighted by Crippen LogP contribution is -2.18. The van der Waals surface area contributed by atoms with E-state index in [-0.39, 0.29) is 17.3 Å². The highest BCUT2D eigenvalue weighted by molar-refractivity contribution is 5.92. The van der Waals surface area contributed by atoms with Gasteiger partial charge in [-0.15, -0.1) is 5.10 Å². The maximum absolute atomic E-state index is 12.0. The quantitative estimate of drug-likeness (QED) is 0.483. The molecule has 11 heteroatoms. The van der Waals surface area contributed by atoms with Crippen molar-refractivity contribution < 1.29 is 14.2 Å². The fourth-order valence-corrected chi connectivity index (χ4v) is 1.86. The number of benzene rings is 1. The summed E-state index contributed by atoms with van der Waals surface area (Å²) in [5.41, 5.74) is 8.73. The number of nitrogen functional groups attached to an aromatic ring is 1. The van der Waals surface area contributed by atoms with Crippen LogP contribution < -0.4 is 15.9 Å². The number of carbonyl (C=O) groups is 1.